The fraction of sp³-hybridized carbons (Fsp3) is 0.231. The number of H-pyrrole nitrogens is 1. The highest BCUT2D eigenvalue weighted by Crippen LogP contribution is 2.36. The molecule has 100 valence electrons. The van der Waals surface area contributed by atoms with Crippen LogP contribution in [0, 0.1) is 13.8 Å². The molecule has 0 fully saturated rings. The zero-order valence-electron chi connectivity index (χ0n) is 10.3. The molecule has 1 N–H and O–H groups in total. The maximum absolute atomic E-state index is 12.9. The van der Waals surface area contributed by atoms with Crippen molar-refractivity contribution in [2.24, 2.45) is 0 Å². The molecule has 1 heterocycles. The summed E-state index contributed by atoms with van der Waals surface area (Å²) in [7, 11) is 0. The molecule has 0 atom stereocenters. The van der Waals surface area contributed by atoms with E-state index < -0.39 is 17.3 Å². The molecule has 0 aliphatic carbocycles. The van der Waals surface area contributed by atoms with Crippen LogP contribution >= 0.6 is 0 Å². The van der Waals surface area contributed by atoms with Crippen LogP contribution in [0.1, 0.15) is 16.7 Å². The predicted molar refractivity (Wildman–Crippen MR) is 64.8 cm³/mol. The van der Waals surface area contributed by atoms with Crippen molar-refractivity contribution in [1.82, 2.24) is 10.2 Å². The number of benzene rings is 1. The fourth-order valence-electron chi connectivity index (χ4n) is 1.82. The number of halogens is 3. The third-order valence-electron chi connectivity index (χ3n) is 3.02. The number of rotatable bonds is 1. The van der Waals surface area contributed by atoms with Crippen molar-refractivity contribution in [3.63, 3.8) is 0 Å². The van der Waals surface area contributed by atoms with Crippen LogP contribution in [-0.2, 0) is 6.18 Å². The number of aromatic amines is 1. The Morgan fingerprint density at radius 1 is 1.11 bits per heavy atom. The summed E-state index contributed by atoms with van der Waals surface area (Å²) in [5, 5.41) is 5.96. The minimum Gasteiger partial charge on any atom is -0.268 e. The SMILES string of the molecule is Cc1c(-c2ccccc2C(F)(F)F)n[nH]c(=O)c1C. The highest BCUT2D eigenvalue weighted by molar-refractivity contribution is 5.67. The molecule has 0 saturated carbocycles. The number of nitrogens with zero attached hydrogens (tertiary/aromatic N) is 1. The van der Waals surface area contributed by atoms with E-state index in [1.54, 1.807) is 13.8 Å². The van der Waals surface area contributed by atoms with Gasteiger partial charge in [0.1, 0.15) is 0 Å². The van der Waals surface area contributed by atoms with Crippen molar-refractivity contribution in [1.29, 1.82) is 0 Å². The smallest absolute Gasteiger partial charge is 0.268 e. The Balaban J connectivity index is 2.74. The van der Waals surface area contributed by atoms with Gasteiger partial charge in [-0.25, -0.2) is 5.10 Å². The van der Waals surface area contributed by atoms with Gasteiger partial charge in [-0.2, -0.15) is 18.3 Å². The Morgan fingerprint density at radius 3 is 2.37 bits per heavy atom. The molecule has 3 nitrogen and oxygen atoms in total. The van der Waals surface area contributed by atoms with Crippen molar-refractivity contribution in [3.8, 4) is 11.3 Å². The number of alkyl halides is 3. The Kier molecular flexibility index (Phi) is 3.18. The predicted octanol–water partition coefficient (Wildman–Crippen LogP) is 3.07. The van der Waals surface area contributed by atoms with Gasteiger partial charge in [0.05, 0.1) is 11.3 Å². The van der Waals surface area contributed by atoms with Crippen LogP contribution in [0.5, 0.6) is 0 Å². The van der Waals surface area contributed by atoms with Crippen LogP contribution < -0.4 is 5.56 Å². The molecule has 2 aromatic rings. The van der Waals surface area contributed by atoms with Crippen molar-refractivity contribution < 1.29 is 13.2 Å². The molecule has 1 aromatic carbocycles. The highest BCUT2D eigenvalue weighted by atomic mass is 19.4. The average molecular weight is 268 g/mol. The van der Waals surface area contributed by atoms with Crippen molar-refractivity contribution in [2.75, 3.05) is 0 Å². The molecule has 19 heavy (non-hydrogen) atoms. The summed E-state index contributed by atoms with van der Waals surface area (Å²) in [5.41, 5.74) is -0.248. The van der Waals surface area contributed by atoms with Crippen LogP contribution in [0.25, 0.3) is 11.3 Å². The van der Waals surface area contributed by atoms with Gasteiger partial charge in [0.2, 0.25) is 0 Å². The molecule has 1 aromatic heterocycles. The second kappa shape index (κ2) is 4.53. The number of nitrogens with one attached hydrogen (secondary N) is 1. The first-order valence-corrected chi connectivity index (χ1v) is 5.55. The molecule has 0 amide bonds. The van der Waals surface area contributed by atoms with Gasteiger partial charge in [-0.1, -0.05) is 18.2 Å². The van der Waals surface area contributed by atoms with E-state index in [4.69, 9.17) is 0 Å². The van der Waals surface area contributed by atoms with Crippen LogP contribution in [0.2, 0.25) is 0 Å². The second-order valence-corrected chi connectivity index (χ2v) is 4.19. The number of aromatic nitrogens is 2. The van der Waals surface area contributed by atoms with Crippen LogP contribution in [0.4, 0.5) is 13.2 Å². The Morgan fingerprint density at radius 2 is 1.74 bits per heavy atom. The topological polar surface area (TPSA) is 45.8 Å². The summed E-state index contributed by atoms with van der Waals surface area (Å²) in [5.74, 6) is 0. The summed E-state index contributed by atoms with van der Waals surface area (Å²) in [4.78, 5) is 11.4. The number of hydrogen-bond acceptors (Lipinski definition) is 2. The van der Waals surface area contributed by atoms with Gasteiger partial charge in [0.15, 0.2) is 0 Å². The minimum atomic E-state index is -4.46. The largest absolute Gasteiger partial charge is 0.417 e. The lowest BCUT2D eigenvalue weighted by Crippen LogP contribution is -2.15. The van der Waals surface area contributed by atoms with Gasteiger partial charge in [-0.05, 0) is 25.5 Å². The van der Waals surface area contributed by atoms with E-state index in [1.807, 2.05) is 0 Å². The molecular weight excluding hydrogens is 257 g/mol. The average Bonchev–Trinajstić information content (AvgIpc) is 2.35. The van der Waals surface area contributed by atoms with Gasteiger partial charge in [0.25, 0.3) is 5.56 Å². The zero-order chi connectivity index (χ0) is 14.2. The fourth-order valence-corrected chi connectivity index (χ4v) is 1.82. The van der Waals surface area contributed by atoms with Gasteiger partial charge in [0, 0.05) is 11.1 Å². The van der Waals surface area contributed by atoms with Gasteiger partial charge >= 0.3 is 6.18 Å². The third kappa shape index (κ3) is 2.38. The summed E-state index contributed by atoms with van der Waals surface area (Å²) in [6.45, 7) is 3.13. The van der Waals surface area contributed by atoms with Crippen LogP contribution in [0.3, 0.4) is 0 Å². The molecule has 0 radical (unpaired) electrons. The van der Waals surface area contributed by atoms with E-state index in [2.05, 4.69) is 10.2 Å². The zero-order valence-corrected chi connectivity index (χ0v) is 10.3. The first-order chi connectivity index (χ1) is 8.82. The second-order valence-electron chi connectivity index (χ2n) is 4.19. The van der Waals surface area contributed by atoms with Crippen molar-refractivity contribution >= 4 is 0 Å². The summed E-state index contributed by atoms with van der Waals surface area (Å²) >= 11 is 0. The van der Waals surface area contributed by atoms with E-state index in [9.17, 15) is 18.0 Å². The lowest BCUT2D eigenvalue weighted by Gasteiger charge is -2.13. The molecule has 2 rings (SSSR count). The standard InChI is InChI=1S/C13H11F3N2O/c1-7-8(2)12(19)18-17-11(7)9-5-3-4-6-10(9)13(14,15)16/h3-6H,1-2H3,(H,18,19). The maximum atomic E-state index is 12.9. The molecule has 0 aliphatic rings. The van der Waals surface area contributed by atoms with Crippen LogP contribution in [-0.4, -0.2) is 10.2 Å². The normalized spacial score (nSPS) is 11.6. The maximum Gasteiger partial charge on any atom is 0.417 e. The van der Waals surface area contributed by atoms with Crippen molar-refractivity contribution in [2.45, 2.75) is 20.0 Å². The van der Waals surface area contributed by atoms with E-state index in [-0.39, 0.29) is 11.3 Å². The van der Waals surface area contributed by atoms with Gasteiger partial charge in [-0.3, -0.25) is 4.79 Å². The first kappa shape index (κ1) is 13.3. The number of hydrogen-bond donors (Lipinski definition) is 1. The van der Waals surface area contributed by atoms with E-state index in [0.29, 0.717) is 11.1 Å². The lowest BCUT2D eigenvalue weighted by atomic mass is 9.99. The molecular formula is C13H11F3N2O. The van der Waals surface area contributed by atoms with E-state index in [0.717, 1.165) is 6.07 Å². The van der Waals surface area contributed by atoms with E-state index >= 15 is 0 Å². The van der Waals surface area contributed by atoms with Crippen molar-refractivity contribution in [3.05, 3.63) is 51.3 Å². The summed E-state index contributed by atoms with van der Waals surface area (Å²) in [6.07, 6.45) is -4.46. The molecule has 0 spiro atoms. The lowest BCUT2D eigenvalue weighted by molar-refractivity contribution is -0.137. The Bertz CT molecular complexity index is 674. The van der Waals surface area contributed by atoms with Gasteiger partial charge < -0.3 is 0 Å². The molecule has 0 saturated heterocycles. The van der Waals surface area contributed by atoms with Crippen LogP contribution in [0.15, 0.2) is 29.1 Å². The Labute approximate surface area is 107 Å². The minimum absolute atomic E-state index is 0.0353. The summed E-state index contributed by atoms with van der Waals surface area (Å²) < 4.78 is 38.8. The first-order valence-electron chi connectivity index (χ1n) is 5.55. The monoisotopic (exact) mass is 268 g/mol. The molecule has 6 heteroatoms. The quantitative estimate of drug-likeness (QED) is 0.863. The summed E-state index contributed by atoms with van der Waals surface area (Å²) in [6, 6.07) is 5.17. The highest BCUT2D eigenvalue weighted by Gasteiger charge is 2.34. The Hall–Kier alpha value is -2.11. The molecule has 0 aliphatic heterocycles. The molecule has 0 bridgehead atoms. The molecule has 0 unspecified atom stereocenters. The van der Waals surface area contributed by atoms with Gasteiger partial charge in [-0.15, -0.1) is 0 Å². The van der Waals surface area contributed by atoms with E-state index in [1.165, 1.54) is 18.2 Å². The third-order valence-corrected chi connectivity index (χ3v) is 3.02.